The number of imidazole rings is 1. The van der Waals surface area contributed by atoms with Gasteiger partial charge in [0.15, 0.2) is 16.3 Å². The van der Waals surface area contributed by atoms with E-state index in [9.17, 15) is 14.4 Å². The summed E-state index contributed by atoms with van der Waals surface area (Å²) in [5.74, 6) is -0.107. The Balaban J connectivity index is 1.63. The van der Waals surface area contributed by atoms with Crippen molar-refractivity contribution in [1.29, 1.82) is 0 Å². The zero-order valence-corrected chi connectivity index (χ0v) is 20.6. The highest BCUT2D eigenvalue weighted by Crippen LogP contribution is 2.34. The van der Waals surface area contributed by atoms with Crippen LogP contribution in [0.3, 0.4) is 0 Å². The fourth-order valence-corrected chi connectivity index (χ4v) is 5.07. The maximum Gasteiger partial charge on any atom is 0.332 e. The number of amides is 1. The molecule has 1 amide bonds. The van der Waals surface area contributed by atoms with Crippen LogP contribution in [0, 0.1) is 0 Å². The lowest BCUT2D eigenvalue weighted by Gasteiger charge is -2.21. The quantitative estimate of drug-likeness (QED) is 0.377. The van der Waals surface area contributed by atoms with E-state index in [1.54, 1.807) is 11.6 Å². The van der Waals surface area contributed by atoms with Gasteiger partial charge in [0.2, 0.25) is 0 Å². The van der Waals surface area contributed by atoms with Crippen LogP contribution in [0.2, 0.25) is 0 Å². The maximum absolute atomic E-state index is 13.7. The van der Waals surface area contributed by atoms with Crippen molar-refractivity contribution in [3.05, 3.63) is 81.3 Å². The van der Waals surface area contributed by atoms with Crippen molar-refractivity contribution in [2.75, 3.05) is 4.90 Å². The number of carbonyl (C=O) groups excluding carboxylic acids is 1. The first-order valence-corrected chi connectivity index (χ1v) is 12.0. The molecule has 0 aliphatic rings. The average molecular weight is 489 g/mol. The Labute approximate surface area is 204 Å². The van der Waals surface area contributed by atoms with E-state index in [1.807, 2.05) is 48.5 Å². The molecule has 0 aliphatic heterocycles. The predicted molar refractivity (Wildman–Crippen MR) is 138 cm³/mol. The molecule has 10 heteroatoms. The smallest absolute Gasteiger partial charge is 0.328 e. The van der Waals surface area contributed by atoms with Gasteiger partial charge >= 0.3 is 5.69 Å². The first-order chi connectivity index (χ1) is 16.8. The number of benzene rings is 2. The Kier molecular flexibility index (Phi) is 5.60. The Morgan fingerprint density at radius 2 is 1.77 bits per heavy atom. The molecule has 35 heavy (non-hydrogen) atoms. The highest BCUT2D eigenvalue weighted by atomic mass is 32.1. The number of para-hydroxylation sites is 1. The van der Waals surface area contributed by atoms with Crippen LogP contribution in [0.4, 0.5) is 10.8 Å². The van der Waals surface area contributed by atoms with E-state index in [-0.39, 0.29) is 11.2 Å². The highest BCUT2D eigenvalue weighted by molar-refractivity contribution is 7.22. The van der Waals surface area contributed by atoms with Gasteiger partial charge in [0.05, 0.1) is 22.2 Å². The number of fused-ring (bicyclic) bond motifs is 2. The van der Waals surface area contributed by atoms with E-state index < -0.39 is 23.7 Å². The maximum atomic E-state index is 13.7. The lowest BCUT2D eigenvalue weighted by Crippen LogP contribution is -2.43. The molecule has 0 aliphatic carbocycles. The molecule has 0 bridgehead atoms. The summed E-state index contributed by atoms with van der Waals surface area (Å²) < 4.78 is 4.72. The van der Waals surface area contributed by atoms with Gasteiger partial charge < -0.3 is 4.57 Å². The highest BCUT2D eigenvalue weighted by Gasteiger charge is 2.25. The third-order valence-corrected chi connectivity index (χ3v) is 7.06. The van der Waals surface area contributed by atoms with Crippen LogP contribution in [0.5, 0.6) is 0 Å². The summed E-state index contributed by atoms with van der Waals surface area (Å²) >= 11 is 1.38. The van der Waals surface area contributed by atoms with Gasteiger partial charge in [-0.15, -0.1) is 0 Å². The number of hydrogen-bond donors (Lipinski definition) is 0. The summed E-state index contributed by atoms with van der Waals surface area (Å²) in [5, 5.41) is 0.472. The number of aromatic nitrogens is 5. The second kappa shape index (κ2) is 8.62. The molecule has 0 radical (unpaired) electrons. The van der Waals surface area contributed by atoms with Gasteiger partial charge in [-0.3, -0.25) is 19.1 Å². The van der Waals surface area contributed by atoms with E-state index >= 15 is 0 Å². The fourth-order valence-electron chi connectivity index (χ4n) is 4.07. The van der Waals surface area contributed by atoms with Crippen LogP contribution in [-0.4, -0.2) is 29.6 Å². The topological polar surface area (TPSA) is 95.0 Å². The molecular formula is C25H24N6O3S. The largest absolute Gasteiger partial charge is 0.332 e. The van der Waals surface area contributed by atoms with Crippen LogP contribution < -0.4 is 16.1 Å². The van der Waals surface area contributed by atoms with Gasteiger partial charge in [0.1, 0.15) is 6.54 Å². The van der Waals surface area contributed by atoms with Crippen molar-refractivity contribution in [2.24, 2.45) is 14.1 Å². The molecule has 5 aromatic rings. The molecule has 178 valence electrons. The van der Waals surface area contributed by atoms with Crippen molar-refractivity contribution in [1.82, 2.24) is 23.7 Å². The van der Waals surface area contributed by atoms with Crippen molar-refractivity contribution < 1.29 is 4.79 Å². The number of carbonyl (C=O) groups is 1. The zero-order chi connectivity index (χ0) is 24.9. The van der Waals surface area contributed by atoms with Gasteiger partial charge in [0.25, 0.3) is 11.5 Å². The van der Waals surface area contributed by atoms with Crippen LogP contribution in [0.15, 0.2) is 64.4 Å². The molecule has 2 aromatic carbocycles. The molecule has 9 nitrogen and oxygen atoms in total. The average Bonchev–Trinajstić information content (AvgIpc) is 3.44. The summed E-state index contributed by atoms with van der Waals surface area (Å²) in [5.41, 5.74) is 1.90. The lowest BCUT2D eigenvalue weighted by atomic mass is 10.0. The standard InChI is InChI=1S/C25H24N6O3S/c1-15(2)16-9-11-17(12-10-16)31(24-27-18-7-5-6-8-19(18)35-24)20(32)13-30-23(33)21-22(26-14-28(21)3)29(4)25(30)34/h5-12,14-15H,13H2,1-4H3. The number of rotatable bonds is 5. The van der Waals surface area contributed by atoms with Crippen LogP contribution in [0.1, 0.15) is 25.3 Å². The van der Waals surface area contributed by atoms with Gasteiger partial charge in [0, 0.05) is 14.1 Å². The summed E-state index contributed by atoms with van der Waals surface area (Å²) in [7, 11) is 3.21. The molecule has 0 fully saturated rings. The summed E-state index contributed by atoms with van der Waals surface area (Å²) in [6.07, 6.45) is 1.47. The van der Waals surface area contributed by atoms with Gasteiger partial charge in [-0.1, -0.05) is 49.4 Å². The molecule has 0 unspecified atom stereocenters. The van der Waals surface area contributed by atoms with Crippen molar-refractivity contribution in [3.8, 4) is 0 Å². The van der Waals surface area contributed by atoms with Crippen molar-refractivity contribution in [2.45, 2.75) is 26.3 Å². The third kappa shape index (κ3) is 3.85. The predicted octanol–water partition coefficient (Wildman–Crippen LogP) is 3.53. The number of aryl methyl sites for hydroxylation is 2. The molecular weight excluding hydrogens is 464 g/mol. The number of hydrogen-bond acceptors (Lipinski definition) is 6. The van der Waals surface area contributed by atoms with E-state index in [4.69, 9.17) is 0 Å². The van der Waals surface area contributed by atoms with E-state index in [0.29, 0.717) is 16.7 Å². The van der Waals surface area contributed by atoms with Gasteiger partial charge in [-0.25, -0.2) is 19.3 Å². The fraction of sp³-hybridized carbons (Fsp3) is 0.240. The van der Waals surface area contributed by atoms with Crippen molar-refractivity contribution in [3.63, 3.8) is 0 Å². The molecule has 0 atom stereocenters. The van der Waals surface area contributed by atoms with Crippen molar-refractivity contribution >= 4 is 49.4 Å². The number of nitrogens with zero attached hydrogens (tertiary/aromatic N) is 6. The molecule has 0 saturated heterocycles. The minimum absolute atomic E-state index is 0.257. The Bertz CT molecular complexity index is 1660. The Hall–Kier alpha value is -4.05. The van der Waals surface area contributed by atoms with E-state index in [2.05, 4.69) is 23.8 Å². The van der Waals surface area contributed by atoms with Crippen LogP contribution >= 0.6 is 11.3 Å². The molecule has 3 aromatic heterocycles. The molecule has 0 spiro atoms. The normalized spacial score (nSPS) is 11.6. The number of thiazole rings is 1. The van der Waals surface area contributed by atoms with Crippen LogP contribution in [0.25, 0.3) is 21.4 Å². The third-order valence-electron chi connectivity index (χ3n) is 6.04. The second-order valence-corrected chi connectivity index (χ2v) is 9.71. The molecule has 0 saturated carbocycles. The lowest BCUT2D eigenvalue weighted by molar-refractivity contribution is -0.118. The Morgan fingerprint density at radius 3 is 2.46 bits per heavy atom. The monoisotopic (exact) mass is 488 g/mol. The molecule has 5 rings (SSSR count). The van der Waals surface area contributed by atoms with Gasteiger partial charge in [-0.2, -0.15) is 0 Å². The first-order valence-electron chi connectivity index (χ1n) is 11.2. The van der Waals surface area contributed by atoms with E-state index in [0.717, 1.165) is 20.3 Å². The minimum Gasteiger partial charge on any atom is -0.328 e. The van der Waals surface area contributed by atoms with E-state index in [1.165, 1.54) is 34.2 Å². The van der Waals surface area contributed by atoms with Gasteiger partial charge in [-0.05, 0) is 35.7 Å². The zero-order valence-electron chi connectivity index (χ0n) is 19.8. The van der Waals surface area contributed by atoms with Crippen LogP contribution in [-0.2, 0) is 25.4 Å². The summed E-state index contributed by atoms with van der Waals surface area (Å²) in [4.78, 5) is 50.2. The Morgan fingerprint density at radius 1 is 1.06 bits per heavy atom. The minimum atomic E-state index is -0.603. The molecule has 3 heterocycles. The summed E-state index contributed by atoms with van der Waals surface area (Å²) in [6.45, 7) is 3.76. The SMILES string of the molecule is CC(C)c1ccc(N(C(=O)Cn2c(=O)c3c(ncn3C)n(C)c2=O)c2nc3ccccc3s2)cc1. The first kappa shape index (κ1) is 22.7. The molecule has 0 N–H and O–H groups in total. The second-order valence-electron chi connectivity index (χ2n) is 8.70. The number of anilines is 2. The summed E-state index contributed by atoms with van der Waals surface area (Å²) in [6, 6.07) is 15.3.